The van der Waals surface area contributed by atoms with Gasteiger partial charge in [0.2, 0.25) is 0 Å². The first kappa shape index (κ1) is 21.1. The fourth-order valence-electron chi connectivity index (χ4n) is 4.31. The molecular formula is C24H25BrN2O2S. The van der Waals surface area contributed by atoms with Gasteiger partial charge >= 0.3 is 0 Å². The topological polar surface area (TPSA) is 72.2 Å². The van der Waals surface area contributed by atoms with E-state index in [9.17, 15) is 9.59 Å². The number of fused-ring (bicyclic) bond motifs is 2. The van der Waals surface area contributed by atoms with E-state index in [1.165, 1.54) is 16.2 Å². The van der Waals surface area contributed by atoms with Crippen molar-refractivity contribution in [1.29, 1.82) is 0 Å². The van der Waals surface area contributed by atoms with Crippen molar-refractivity contribution in [2.45, 2.75) is 40.0 Å². The maximum Gasteiger partial charge on any atom is 0.256 e. The molecule has 0 spiro atoms. The standard InChI is InChI=1S/C24H25BrN2O2S/c1-24(2,3)13-10-11-17-19(12-13)30-23(20(17)21(26)28)27-22(29)16-8-4-7-15-14(16)6-5-9-18(15)25/h4-9,13H,10-12H2,1-3H3,(H2,26,28)(H,27,29)/t13-/m0/s1. The Kier molecular flexibility index (Phi) is 5.49. The van der Waals surface area contributed by atoms with Gasteiger partial charge in [-0.15, -0.1) is 11.3 Å². The number of rotatable bonds is 3. The zero-order valence-electron chi connectivity index (χ0n) is 17.3. The van der Waals surface area contributed by atoms with Gasteiger partial charge in [0, 0.05) is 14.9 Å². The molecule has 4 nitrogen and oxygen atoms in total. The van der Waals surface area contributed by atoms with Crippen LogP contribution in [0.3, 0.4) is 0 Å². The Hall–Kier alpha value is -2.18. The Labute approximate surface area is 189 Å². The molecular weight excluding hydrogens is 460 g/mol. The first-order valence-corrected chi connectivity index (χ1v) is 11.7. The van der Waals surface area contributed by atoms with E-state index in [1.807, 2.05) is 30.3 Å². The number of hydrogen-bond acceptors (Lipinski definition) is 3. The molecule has 0 radical (unpaired) electrons. The van der Waals surface area contributed by atoms with Crippen LogP contribution in [0.2, 0.25) is 0 Å². The molecule has 2 amide bonds. The van der Waals surface area contributed by atoms with Gasteiger partial charge in [-0.25, -0.2) is 0 Å². The number of carbonyl (C=O) groups is 2. The molecule has 0 saturated heterocycles. The third-order valence-corrected chi connectivity index (χ3v) is 7.94. The Morgan fingerprint density at radius 1 is 1.13 bits per heavy atom. The summed E-state index contributed by atoms with van der Waals surface area (Å²) in [7, 11) is 0. The Morgan fingerprint density at radius 3 is 2.53 bits per heavy atom. The molecule has 1 atom stereocenters. The van der Waals surface area contributed by atoms with Crippen molar-refractivity contribution in [2.75, 3.05) is 5.32 Å². The lowest BCUT2D eigenvalue weighted by molar-refractivity contribution is 0.1000. The second-order valence-corrected chi connectivity index (χ2v) is 10.9. The van der Waals surface area contributed by atoms with Gasteiger partial charge in [-0.3, -0.25) is 9.59 Å². The molecule has 1 aromatic heterocycles. The second kappa shape index (κ2) is 7.82. The molecule has 3 N–H and O–H groups in total. The van der Waals surface area contributed by atoms with Crippen molar-refractivity contribution >= 4 is 54.9 Å². The highest BCUT2D eigenvalue weighted by Gasteiger charge is 2.33. The summed E-state index contributed by atoms with van der Waals surface area (Å²) in [6, 6.07) is 11.4. The average molecular weight is 485 g/mol. The number of thiophene rings is 1. The van der Waals surface area contributed by atoms with E-state index in [1.54, 1.807) is 6.07 Å². The Morgan fingerprint density at radius 2 is 1.83 bits per heavy atom. The van der Waals surface area contributed by atoms with Crippen LogP contribution >= 0.6 is 27.3 Å². The maximum atomic E-state index is 13.2. The number of carbonyl (C=O) groups excluding carboxylic acids is 2. The second-order valence-electron chi connectivity index (χ2n) is 8.97. The zero-order valence-corrected chi connectivity index (χ0v) is 19.7. The van der Waals surface area contributed by atoms with Crippen LogP contribution in [0.5, 0.6) is 0 Å². The molecule has 156 valence electrons. The van der Waals surface area contributed by atoms with Crippen LogP contribution in [0.1, 0.15) is 58.3 Å². The van der Waals surface area contributed by atoms with Crippen LogP contribution < -0.4 is 11.1 Å². The summed E-state index contributed by atoms with van der Waals surface area (Å²) in [4.78, 5) is 26.6. The largest absolute Gasteiger partial charge is 0.365 e. The van der Waals surface area contributed by atoms with Crippen molar-refractivity contribution in [1.82, 2.24) is 0 Å². The molecule has 30 heavy (non-hydrogen) atoms. The molecule has 0 aliphatic heterocycles. The van der Waals surface area contributed by atoms with Crippen LogP contribution in [-0.4, -0.2) is 11.8 Å². The monoisotopic (exact) mass is 484 g/mol. The van der Waals surface area contributed by atoms with Crippen molar-refractivity contribution in [3.8, 4) is 0 Å². The van der Waals surface area contributed by atoms with Crippen LogP contribution in [-0.2, 0) is 12.8 Å². The van der Waals surface area contributed by atoms with Gasteiger partial charge in [0.25, 0.3) is 11.8 Å². The normalized spacial score (nSPS) is 16.3. The van der Waals surface area contributed by atoms with Crippen molar-refractivity contribution in [2.24, 2.45) is 17.1 Å². The highest BCUT2D eigenvalue weighted by atomic mass is 79.9. The molecule has 0 fully saturated rings. The molecule has 0 saturated carbocycles. The predicted octanol–water partition coefficient (Wildman–Crippen LogP) is 6.17. The van der Waals surface area contributed by atoms with E-state index in [-0.39, 0.29) is 11.3 Å². The first-order valence-electron chi connectivity index (χ1n) is 10.1. The van der Waals surface area contributed by atoms with Crippen molar-refractivity contribution in [3.05, 3.63) is 62.4 Å². The number of anilines is 1. The van der Waals surface area contributed by atoms with Gasteiger partial charge < -0.3 is 11.1 Å². The van der Waals surface area contributed by atoms with Gasteiger partial charge in [-0.1, -0.05) is 61.0 Å². The summed E-state index contributed by atoms with van der Waals surface area (Å²) in [5, 5.41) is 5.39. The number of nitrogens with one attached hydrogen (secondary N) is 1. The van der Waals surface area contributed by atoms with Crippen molar-refractivity contribution in [3.63, 3.8) is 0 Å². The Bertz CT molecular complexity index is 1160. The maximum absolute atomic E-state index is 13.2. The molecule has 6 heteroatoms. The lowest BCUT2D eigenvalue weighted by atomic mass is 9.72. The van der Waals surface area contributed by atoms with E-state index in [0.717, 1.165) is 40.1 Å². The summed E-state index contributed by atoms with van der Waals surface area (Å²) in [5.74, 6) is -0.159. The summed E-state index contributed by atoms with van der Waals surface area (Å²) < 4.78 is 0.937. The van der Waals surface area contributed by atoms with Gasteiger partial charge in [-0.05, 0) is 59.1 Å². The average Bonchev–Trinajstić information content (AvgIpc) is 3.04. The summed E-state index contributed by atoms with van der Waals surface area (Å²) in [6.45, 7) is 6.77. The summed E-state index contributed by atoms with van der Waals surface area (Å²) in [6.07, 6.45) is 2.77. The molecule has 1 aliphatic carbocycles. The SMILES string of the molecule is CC(C)(C)[C@H]1CCc2c(sc(NC(=O)c3cccc4c(Br)cccc34)c2C(N)=O)C1. The lowest BCUT2D eigenvalue weighted by Gasteiger charge is -2.33. The summed E-state index contributed by atoms with van der Waals surface area (Å²) >= 11 is 5.05. The quantitative estimate of drug-likeness (QED) is 0.466. The van der Waals surface area contributed by atoms with E-state index < -0.39 is 5.91 Å². The minimum absolute atomic E-state index is 0.203. The van der Waals surface area contributed by atoms with Gasteiger partial charge in [0.05, 0.1) is 5.56 Å². The Balaban J connectivity index is 1.71. The number of hydrogen-bond donors (Lipinski definition) is 2. The minimum atomic E-state index is -0.474. The van der Waals surface area contributed by atoms with E-state index in [2.05, 4.69) is 42.0 Å². The number of amides is 2. The predicted molar refractivity (Wildman–Crippen MR) is 127 cm³/mol. The highest BCUT2D eigenvalue weighted by molar-refractivity contribution is 9.10. The minimum Gasteiger partial charge on any atom is -0.365 e. The molecule has 2 aromatic carbocycles. The third-order valence-electron chi connectivity index (χ3n) is 6.08. The lowest BCUT2D eigenvalue weighted by Crippen LogP contribution is -2.27. The number of nitrogens with two attached hydrogens (primary N) is 1. The third kappa shape index (κ3) is 3.79. The van der Waals surface area contributed by atoms with Crippen LogP contribution in [0.4, 0.5) is 5.00 Å². The summed E-state index contributed by atoms with van der Waals surface area (Å²) in [5.41, 5.74) is 8.01. The molecule has 1 aliphatic rings. The molecule has 0 unspecified atom stereocenters. The fourth-order valence-corrected chi connectivity index (χ4v) is 6.14. The molecule has 3 aromatic rings. The molecule has 1 heterocycles. The zero-order chi connectivity index (χ0) is 21.6. The number of primary amides is 1. The van der Waals surface area contributed by atoms with Crippen LogP contribution in [0.25, 0.3) is 10.8 Å². The first-order chi connectivity index (χ1) is 14.2. The number of benzene rings is 2. The molecule has 4 rings (SSSR count). The van der Waals surface area contributed by atoms with Gasteiger partial charge in [-0.2, -0.15) is 0 Å². The molecule has 0 bridgehead atoms. The smallest absolute Gasteiger partial charge is 0.256 e. The highest BCUT2D eigenvalue weighted by Crippen LogP contribution is 2.44. The fraction of sp³-hybridized carbons (Fsp3) is 0.333. The number of halogens is 1. The van der Waals surface area contributed by atoms with Gasteiger partial charge in [0.15, 0.2) is 0 Å². The van der Waals surface area contributed by atoms with Crippen LogP contribution in [0.15, 0.2) is 40.9 Å². The van der Waals surface area contributed by atoms with E-state index >= 15 is 0 Å². The van der Waals surface area contributed by atoms with E-state index in [0.29, 0.717) is 22.0 Å². The van der Waals surface area contributed by atoms with Crippen molar-refractivity contribution < 1.29 is 9.59 Å². The van der Waals surface area contributed by atoms with Gasteiger partial charge in [0.1, 0.15) is 5.00 Å². The van der Waals surface area contributed by atoms with Crippen LogP contribution in [0, 0.1) is 11.3 Å². The van der Waals surface area contributed by atoms with E-state index in [4.69, 9.17) is 5.73 Å².